The summed E-state index contributed by atoms with van der Waals surface area (Å²) in [7, 11) is 0. The molecule has 256 valence electrons. The first-order valence-corrected chi connectivity index (χ1v) is 19.1. The summed E-state index contributed by atoms with van der Waals surface area (Å²) in [6, 6.07) is 76.5. The second kappa shape index (κ2) is 13.2. The number of benzene rings is 9. The highest BCUT2D eigenvalue weighted by atomic mass is 14.4. The van der Waals surface area contributed by atoms with Gasteiger partial charge in [-0.25, -0.2) is 0 Å². The highest BCUT2D eigenvalue weighted by molar-refractivity contribution is 6.07. The fourth-order valence-corrected chi connectivity index (χ4v) is 9.04. The summed E-state index contributed by atoms with van der Waals surface area (Å²) in [5.41, 5.74) is 15.6. The monoisotopic (exact) mass is 688 g/mol. The van der Waals surface area contributed by atoms with Crippen LogP contribution in [-0.2, 0) is 11.8 Å². The summed E-state index contributed by atoms with van der Waals surface area (Å²) in [6.07, 6.45) is 0.911. The fourth-order valence-electron chi connectivity index (χ4n) is 9.04. The minimum absolute atomic E-state index is 0.182. The van der Waals surface area contributed by atoms with Gasteiger partial charge in [0.15, 0.2) is 0 Å². The molecule has 9 aromatic rings. The van der Waals surface area contributed by atoms with Gasteiger partial charge in [-0.2, -0.15) is 0 Å². The Morgan fingerprint density at radius 3 is 1.74 bits per heavy atom. The second-order valence-corrected chi connectivity index (χ2v) is 15.0. The first-order valence-electron chi connectivity index (χ1n) is 19.1. The maximum Gasteiger partial charge on any atom is 0.0435 e. The second-order valence-electron chi connectivity index (χ2n) is 15.0. The molecule has 2 atom stereocenters. The van der Waals surface area contributed by atoms with Crippen LogP contribution in [0.1, 0.15) is 46.2 Å². The van der Waals surface area contributed by atoms with Gasteiger partial charge in [0, 0.05) is 11.3 Å². The van der Waals surface area contributed by atoms with Gasteiger partial charge in [0.1, 0.15) is 0 Å². The van der Waals surface area contributed by atoms with Crippen LogP contribution in [0, 0.1) is 0 Å². The average molecular weight is 689 g/mol. The van der Waals surface area contributed by atoms with E-state index < -0.39 is 0 Å². The number of hydrogen-bond donors (Lipinski definition) is 0. The third kappa shape index (κ3) is 5.46. The zero-order chi connectivity index (χ0) is 36.1. The largest absolute Gasteiger partial charge is 0.0622 e. The van der Waals surface area contributed by atoms with Gasteiger partial charge >= 0.3 is 0 Å². The van der Waals surface area contributed by atoms with Crippen molar-refractivity contribution >= 4 is 21.5 Å². The molecule has 0 saturated heterocycles. The zero-order valence-corrected chi connectivity index (χ0v) is 30.4. The van der Waals surface area contributed by atoms with E-state index in [0.717, 1.165) is 6.42 Å². The van der Waals surface area contributed by atoms with E-state index >= 15 is 0 Å². The Balaban J connectivity index is 1.01. The van der Waals surface area contributed by atoms with E-state index in [2.05, 4.69) is 213 Å². The van der Waals surface area contributed by atoms with E-state index in [4.69, 9.17) is 0 Å². The van der Waals surface area contributed by atoms with Crippen molar-refractivity contribution in [2.24, 2.45) is 0 Å². The SMILES string of the molecule is C[C@]1(c2ccccc2)c2ccccc2-c2cc(-c3ccc(C[C@H](c4ccc(-c5ccccc5)cc4)c4ccc5ccc6ccccc6c5c4)cc3)ccc21. The summed E-state index contributed by atoms with van der Waals surface area (Å²) >= 11 is 0. The lowest BCUT2D eigenvalue weighted by molar-refractivity contribution is 0.714. The number of fused-ring (bicyclic) bond motifs is 6. The molecule has 10 rings (SSSR count). The average Bonchev–Trinajstić information content (AvgIpc) is 3.51. The highest BCUT2D eigenvalue weighted by Crippen LogP contribution is 2.53. The molecular weight excluding hydrogens is 649 g/mol. The summed E-state index contributed by atoms with van der Waals surface area (Å²) in [6.45, 7) is 2.38. The Morgan fingerprint density at radius 1 is 0.389 bits per heavy atom. The van der Waals surface area contributed by atoms with Crippen molar-refractivity contribution in [3.05, 3.63) is 240 Å². The van der Waals surface area contributed by atoms with Crippen LogP contribution in [0.15, 0.2) is 206 Å². The maximum atomic E-state index is 2.44. The van der Waals surface area contributed by atoms with Gasteiger partial charge in [0.05, 0.1) is 0 Å². The van der Waals surface area contributed by atoms with Crippen LogP contribution in [0.5, 0.6) is 0 Å². The van der Waals surface area contributed by atoms with Gasteiger partial charge in [-0.15, -0.1) is 0 Å². The smallest absolute Gasteiger partial charge is 0.0435 e. The standard InChI is InChI=1S/C54H40/c1-54(46-15-6-3-7-16-46)52-19-11-10-18-48(52)51-35-44(32-33-53(51)54)40-22-20-37(21-23-40)34-49(42-26-24-39(25-27-42)38-12-4-2-5-13-38)45-31-30-43-29-28-41-14-8-9-17-47(41)50(43)36-45/h2-33,35-36,49H,34H2,1H3/t49-,54+/m1/s1. The summed E-state index contributed by atoms with van der Waals surface area (Å²) in [5, 5.41) is 5.18. The molecule has 0 heterocycles. The van der Waals surface area contributed by atoms with Crippen LogP contribution in [-0.4, -0.2) is 0 Å². The van der Waals surface area contributed by atoms with Crippen molar-refractivity contribution in [2.45, 2.75) is 24.7 Å². The molecular formula is C54H40. The summed E-state index contributed by atoms with van der Waals surface area (Å²) < 4.78 is 0. The molecule has 0 saturated carbocycles. The molecule has 9 aromatic carbocycles. The number of rotatable bonds is 7. The molecule has 0 bridgehead atoms. The zero-order valence-electron chi connectivity index (χ0n) is 30.4. The van der Waals surface area contributed by atoms with E-state index in [1.54, 1.807) is 0 Å². The summed E-state index contributed by atoms with van der Waals surface area (Å²) in [5.74, 6) is 0.205. The molecule has 0 aliphatic heterocycles. The predicted molar refractivity (Wildman–Crippen MR) is 228 cm³/mol. The van der Waals surface area contributed by atoms with Crippen LogP contribution in [0.2, 0.25) is 0 Å². The van der Waals surface area contributed by atoms with Crippen LogP contribution in [0.25, 0.3) is 54.9 Å². The Bertz CT molecular complexity index is 2780. The lowest BCUT2D eigenvalue weighted by Crippen LogP contribution is -2.22. The predicted octanol–water partition coefficient (Wildman–Crippen LogP) is 14.0. The number of hydrogen-bond acceptors (Lipinski definition) is 0. The van der Waals surface area contributed by atoms with Crippen molar-refractivity contribution in [2.75, 3.05) is 0 Å². The van der Waals surface area contributed by atoms with Gasteiger partial charge in [0.2, 0.25) is 0 Å². The van der Waals surface area contributed by atoms with Crippen molar-refractivity contribution in [1.29, 1.82) is 0 Å². The van der Waals surface area contributed by atoms with E-state index in [0.29, 0.717) is 0 Å². The van der Waals surface area contributed by atoms with E-state index in [9.17, 15) is 0 Å². The lowest BCUT2D eigenvalue weighted by atomic mass is 9.74. The van der Waals surface area contributed by atoms with Gasteiger partial charge in [-0.1, -0.05) is 194 Å². The third-order valence-corrected chi connectivity index (χ3v) is 12.0. The Hall–Kier alpha value is -6.50. The molecule has 0 unspecified atom stereocenters. The van der Waals surface area contributed by atoms with Crippen molar-refractivity contribution in [1.82, 2.24) is 0 Å². The maximum absolute atomic E-state index is 2.44. The van der Waals surface area contributed by atoms with Crippen molar-refractivity contribution < 1.29 is 0 Å². The van der Waals surface area contributed by atoms with Crippen LogP contribution in [0.3, 0.4) is 0 Å². The minimum Gasteiger partial charge on any atom is -0.0622 e. The molecule has 0 radical (unpaired) electrons. The lowest BCUT2D eigenvalue weighted by Gasteiger charge is -2.28. The minimum atomic E-state index is -0.182. The molecule has 0 N–H and O–H groups in total. The molecule has 0 amide bonds. The quantitative estimate of drug-likeness (QED) is 0.146. The van der Waals surface area contributed by atoms with Gasteiger partial charge in [-0.3, -0.25) is 0 Å². The molecule has 0 fully saturated rings. The third-order valence-electron chi connectivity index (χ3n) is 12.0. The normalized spacial score (nSPS) is 15.2. The molecule has 0 aromatic heterocycles. The Kier molecular flexibility index (Phi) is 7.85. The van der Waals surface area contributed by atoms with Gasteiger partial charge in [-0.05, 0) is 114 Å². The first-order chi connectivity index (χ1) is 26.6. The van der Waals surface area contributed by atoms with Crippen LogP contribution < -0.4 is 0 Å². The van der Waals surface area contributed by atoms with Crippen LogP contribution >= 0.6 is 0 Å². The van der Waals surface area contributed by atoms with Crippen LogP contribution in [0.4, 0.5) is 0 Å². The molecule has 54 heavy (non-hydrogen) atoms. The first kappa shape index (κ1) is 32.2. The molecule has 0 heteroatoms. The molecule has 0 nitrogen and oxygen atoms in total. The van der Waals surface area contributed by atoms with E-state index in [1.807, 2.05) is 0 Å². The molecule has 0 spiro atoms. The van der Waals surface area contributed by atoms with E-state index in [1.165, 1.54) is 88.3 Å². The van der Waals surface area contributed by atoms with Gasteiger partial charge in [0.25, 0.3) is 0 Å². The molecule has 1 aliphatic rings. The van der Waals surface area contributed by atoms with E-state index in [-0.39, 0.29) is 11.3 Å². The Labute approximate surface area is 318 Å². The fraction of sp³-hybridized carbons (Fsp3) is 0.0741. The Morgan fingerprint density at radius 2 is 0.944 bits per heavy atom. The highest BCUT2D eigenvalue weighted by Gasteiger charge is 2.40. The van der Waals surface area contributed by atoms with Gasteiger partial charge < -0.3 is 0 Å². The topological polar surface area (TPSA) is 0 Å². The molecule has 1 aliphatic carbocycles. The van der Waals surface area contributed by atoms with Crippen molar-refractivity contribution in [3.63, 3.8) is 0 Å². The van der Waals surface area contributed by atoms with Crippen molar-refractivity contribution in [3.8, 4) is 33.4 Å². The summed E-state index contributed by atoms with van der Waals surface area (Å²) in [4.78, 5) is 0.